The summed E-state index contributed by atoms with van der Waals surface area (Å²) in [5.74, 6) is 0.566. The Morgan fingerprint density at radius 2 is 2.00 bits per heavy atom. The molecule has 1 amide bonds. The molecule has 0 aromatic carbocycles. The second kappa shape index (κ2) is 5.51. The maximum Gasteiger partial charge on any atom is 0.295 e. The van der Waals surface area contributed by atoms with E-state index in [9.17, 15) is 4.79 Å². The highest BCUT2D eigenvalue weighted by Gasteiger charge is 2.22. The van der Waals surface area contributed by atoms with E-state index in [0.717, 1.165) is 24.9 Å². The number of aromatic nitrogens is 4. The lowest BCUT2D eigenvalue weighted by Gasteiger charge is -2.18. The van der Waals surface area contributed by atoms with Crippen LogP contribution >= 0.6 is 0 Å². The number of anilines is 1. The van der Waals surface area contributed by atoms with Crippen molar-refractivity contribution in [3.8, 4) is 0 Å². The fourth-order valence-electron chi connectivity index (χ4n) is 2.64. The van der Waals surface area contributed by atoms with Crippen molar-refractivity contribution in [1.29, 1.82) is 0 Å². The molecule has 1 aliphatic rings. The van der Waals surface area contributed by atoms with Crippen LogP contribution in [0.15, 0.2) is 12.4 Å². The molecule has 2 N–H and O–H groups in total. The number of hydrogen-bond acceptors (Lipinski definition) is 4. The molecule has 0 saturated heterocycles. The number of fused-ring (bicyclic) bond motifs is 1. The number of nitrogens with one attached hydrogen (secondary N) is 2. The molecule has 1 aliphatic carbocycles. The third-order valence-corrected chi connectivity index (χ3v) is 3.92. The topological polar surface area (TPSA) is 83.6 Å². The van der Waals surface area contributed by atoms with E-state index in [1.807, 2.05) is 27.0 Å². The van der Waals surface area contributed by atoms with Gasteiger partial charge in [-0.2, -0.15) is 0 Å². The Bertz CT molecular complexity index is 699. The highest BCUT2D eigenvalue weighted by molar-refractivity contribution is 6.01. The molecule has 2 aromatic heterocycles. The van der Waals surface area contributed by atoms with Crippen LogP contribution in [0.25, 0.3) is 0 Å². The first kappa shape index (κ1) is 14.7. The summed E-state index contributed by atoms with van der Waals surface area (Å²) in [6.45, 7) is 6.06. The van der Waals surface area contributed by atoms with Crippen LogP contribution in [0.3, 0.4) is 0 Å². The molecule has 116 valence electrons. The molecule has 0 saturated carbocycles. The lowest BCUT2D eigenvalue weighted by atomic mass is 9.92. The van der Waals surface area contributed by atoms with E-state index >= 15 is 0 Å². The fraction of sp³-hybridized carbons (Fsp3) is 0.500. The predicted molar refractivity (Wildman–Crippen MR) is 83.9 cm³/mol. The molecular weight excluding hydrogens is 278 g/mol. The third-order valence-electron chi connectivity index (χ3n) is 3.92. The summed E-state index contributed by atoms with van der Waals surface area (Å²) in [7, 11) is 0. The molecule has 6 nitrogen and oxygen atoms in total. The van der Waals surface area contributed by atoms with Gasteiger partial charge in [-0.25, -0.2) is 4.98 Å². The van der Waals surface area contributed by atoms with Crippen LogP contribution in [0.5, 0.6) is 0 Å². The zero-order valence-electron chi connectivity index (χ0n) is 13.2. The van der Waals surface area contributed by atoms with Gasteiger partial charge < -0.3 is 5.32 Å². The van der Waals surface area contributed by atoms with Crippen molar-refractivity contribution in [3.05, 3.63) is 35.2 Å². The van der Waals surface area contributed by atoms with Crippen molar-refractivity contribution >= 4 is 11.6 Å². The number of H-pyrrole nitrogens is 1. The van der Waals surface area contributed by atoms with Crippen LogP contribution in [-0.2, 0) is 18.3 Å². The van der Waals surface area contributed by atoms with Gasteiger partial charge in [0.1, 0.15) is 5.82 Å². The van der Waals surface area contributed by atoms with Crippen LogP contribution < -0.4 is 5.32 Å². The van der Waals surface area contributed by atoms with E-state index in [4.69, 9.17) is 0 Å². The SMILES string of the molecule is CC(C)(C)c1nc(C(=O)Nc2cncc3c2CCCC3)n[nH]1. The van der Waals surface area contributed by atoms with Gasteiger partial charge in [-0.1, -0.05) is 20.8 Å². The second-order valence-corrected chi connectivity index (χ2v) is 6.74. The van der Waals surface area contributed by atoms with Crippen LogP contribution in [-0.4, -0.2) is 26.1 Å². The van der Waals surface area contributed by atoms with Crippen molar-refractivity contribution < 1.29 is 4.79 Å². The van der Waals surface area contributed by atoms with Gasteiger partial charge in [0.25, 0.3) is 5.91 Å². The maximum absolute atomic E-state index is 12.4. The Labute approximate surface area is 129 Å². The number of nitrogens with zero attached hydrogens (tertiary/aromatic N) is 3. The molecule has 0 radical (unpaired) electrons. The standard InChI is InChI=1S/C16H21N5O/c1-16(2,3)15-19-13(20-21-15)14(22)18-12-9-17-8-10-6-4-5-7-11(10)12/h8-9H,4-7H2,1-3H3,(H,18,22)(H,19,20,21). The third kappa shape index (κ3) is 2.86. The maximum atomic E-state index is 12.4. The minimum atomic E-state index is -0.299. The smallest absolute Gasteiger partial charge is 0.295 e. The summed E-state index contributed by atoms with van der Waals surface area (Å²) in [5.41, 5.74) is 3.04. The van der Waals surface area contributed by atoms with Crippen molar-refractivity contribution in [2.75, 3.05) is 5.32 Å². The second-order valence-electron chi connectivity index (χ2n) is 6.74. The molecule has 0 bridgehead atoms. The zero-order valence-corrected chi connectivity index (χ0v) is 13.2. The van der Waals surface area contributed by atoms with Crippen molar-refractivity contribution in [3.63, 3.8) is 0 Å². The normalized spacial score (nSPS) is 14.5. The Hall–Kier alpha value is -2.24. The van der Waals surface area contributed by atoms with Gasteiger partial charge in [-0.05, 0) is 36.8 Å². The molecular formula is C16H21N5O. The molecule has 22 heavy (non-hydrogen) atoms. The average molecular weight is 299 g/mol. The summed E-state index contributed by atoms with van der Waals surface area (Å²) in [5, 5.41) is 9.76. The molecule has 0 aliphatic heterocycles. The number of pyridine rings is 1. The van der Waals surface area contributed by atoms with E-state index in [0.29, 0.717) is 5.82 Å². The summed E-state index contributed by atoms with van der Waals surface area (Å²) >= 11 is 0. The molecule has 0 unspecified atom stereocenters. The molecule has 0 spiro atoms. The van der Waals surface area contributed by atoms with Gasteiger partial charge in [-0.3, -0.25) is 14.9 Å². The Morgan fingerprint density at radius 1 is 1.23 bits per heavy atom. The number of carbonyl (C=O) groups excluding carboxylic acids is 1. The quantitative estimate of drug-likeness (QED) is 0.893. The van der Waals surface area contributed by atoms with Crippen LogP contribution in [0.2, 0.25) is 0 Å². The Morgan fingerprint density at radius 3 is 2.73 bits per heavy atom. The Kier molecular flexibility index (Phi) is 3.68. The number of rotatable bonds is 2. The number of aromatic amines is 1. The largest absolute Gasteiger partial charge is 0.318 e. The lowest BCUT2D eigenvalue weighted by molar-refractivity contribution is 0.101. The molecule has 2 heterocycles. The van der Waals surface area contributed by atoms with Crippen molar-refractivity contribution in [2.45, 2.75) is 51.9 Å². The molecule has 0 atom stereocenters. The first-order chi connectivity index (χ1) is 10.4. The zero-order chi connectivity index (χ0) is 15.7. The average Bonchev–Trinajstić information content (AvgIpc) is 2.98. The van der Waals surface area contributed by atoms with Gasteiger partial charge in [0.2, 0.25) is 5.82 Å². The summed E-state index contributed by atoms with van der Waals surface area (Å²) in [6.07, 6.45) is 7.94. The van der Waals surface area contributed by atoms with Gasteiger partial charge >= 0.3 is 0 Å². The lowest BCUT2D eigenvalue weighted by Crippen LogP contribution is -2.18. The van der Waals surface area contributed by atoms with E-state index in [-0.39, 0.29) is 17.1 Å². The van der Waals surface area contributed by atoms with Crippen LogP contribution in [0.4, 0.5) is 5.69 Å². The molecule has 3 rings (SSSR count). The summed E-state index contributed by atoms with van der Waals surface area (Å²) < 4.78 is 0. The van der Waals surface area contributed by atoms with E-state index in [2.05, 4.69) is 25.5 Å². The van der Waals surface area contributed by atoms with Crippen LogP contribution in [0, 0.1) is 0 Å². The summed E-state index contributed by atoms with van der Waals surface area (Å²) in [4.78, 5) is 20.9. The first-order valence-corrected chi connectivity index (χ1v) is 7.65. The van der Waals surface area contributed by atoms with Crippen molar-refractivity contribution in [1.82, 2.24) is 20.2 Å². The van der Waals surface area contributed by atoms with Gasteiger partial charge in [0, 0.05) is 11.6 Å². The Balaban J connectivity index is 1.82. The highest BCUT2D eigenvalue weighted by atomic mass is 16.2. The van der Waals surface area contributed by atoms with Gasteiger partial charge in [0.05, 0.1) is 11.9 Å². The number of carbonyl (C=O) groups is 1. The molecule has 2 aromatic rings. The minimum absolute atomic E-state index is 0.165. The summed E-state index contributed by atoms with van der Waals surface area (Å²) in [6, 6.07) is 0. The van der Waals surface area contributed by atoms with E-state index < -0.39 is 0 Å². The number of hydrogen-bond donors (Lipinski definition) is 2. The predicted octanol–water partition coefficient (Wildman–Crippen LogP) is 2.63. The minimum Gasteiger partial charge on any atom is -0.318 e. The number of aryl methyl sites for hydroxylation is 1. The van der Waals surface area contributed by atoms with Crippen LogP contribution in [0.1, 0.15) is 61.2 Å². The van der Waals surface area contributed by atoms with E-state index in [1.165, 1.54) is 17.5 Å². The monoisotopic (exact) mass is 299 g/mol. The fourth-order valence-corrected chi connectivity index (χ4v) is 2.64. The number of amides is 1. The van der Waals surface area contributed by atoms with Crippen molar-refractivity contribution in [2.24, 2.45) is 0 Å². The molecule has 0 fully saturated rings. The van der Waals surface area contributed by atoms with Gasteiger partial charge in [0.15, 0.2) is 0 Å². The van der Waals surface area contributed by atoms with Gasteiger partial charge in [-0.15, -0.1) is 5.10 Å². The highest BCUT2D eigenvalue weighted by Crippen LogP contribution is 2.27. The first-order valence-electron chi connectivity index (χ1n) is 7.65. The molecule has 6 heteroatoms. The van der Waals surface area contributed by atoms with E-state index in [1.54, 1.807) is 6.20 Å².